The molecule has 2 atom stereocenters. The Morgan fingerprint density at radius 1 is 1.38 bits per heavy atom. The van der Waals surface area contributed by atoms with Crippen molar-refractivity contribution in [2.45, 2.75) is 32.1 Å². The number of halogens is 1. The maximum atomic E-state index is 13.8. The third-order valence-corrected chi connectivity index (χ3v) is 4.26. The number of alkyl halides is 1. The van der Waals surface area contributed by atoms with E-state index in [1.807, 2.05) is 31.2 Å². The summed E-state index contributed by atoms with van der Waals surface area (Å²) in [6.07, 6.45) is 4.00. The number of nitrogens with zero attached hydrogens (tertiary/aromatic N) is 2. The summed E-state index contributed by atoms with van der Waals surface area (Å²) in [5, 5.41) is 7.30. The van der Waals surface area contributed by atoms with Gasteiger partial charge < -0.3 is 9.84 Å². The van der Waals surface area contributed by atoms with Crippen molar-refractivity contribution in [3.05, 3.63) is 59.5 Å². The van der Waals surface area contributed by atoms with Crippen LogP contribution < -0.4 is 5.32 Å². The van der Waals surface area contributed by atoms with Gasteiger partial charge in [-0.25, -0.2) is 4.39 Å². The summed E-state index contributed by atoms with van der Waals surface area (Å²) in [6, 6.07) is 12.3. The second-order valence-corrected chi connectivity index (χ2v) is 6.32. The van der Waals surface area contributed by atoms with E-state index in [0.29, 0.717) is 19.5 Å². The van der Waals surface area contributed by atoms with Gasteiger partial charge in [0.05, 0.1) is 12.2 Å². The smallest absolute Gasteiger partial charge is 0.150 e. The van der Waals surface area contributed by atoms with E-state index < -0.39 is 6.17 Å². The van der Waals surface area contributed by atoms with Crippen LogP contribution in [-0.4, -0.2) is 41.9 Å². The van der Waals surface area contributed by atoms with Crippen molar-refractivity contribution < 1.29 is 8.91 Å². The molecule has 128 valence electrons. The zero-order valence-electron chi connectivity index (χ0n) is 14.0. The highest BCUT2D eigenvalue weighted by molar-refractivity contribution is 5.48. The molecule has 2 aromatic rings. The largest absolute Gasteiger partial charge is 0.360 e. The molecule has 2 heterocycles. The Balaban J connectivity index is 1.45. The van der Waals surface area contributed by atoms with E-state index in [4.69, 9.17) is 4.52 Å². The molecule has 0 bridgehead atoms. The summed E-state index contributed by atoms with van der Waals surface area (Å²) in [4.78, 5) is 2.14. The molecule has 1 fully saturated rings. The van der Waals surface area contributed by atoms with E-state index in [1.165, 1.54) is 5.56 Å². The third kappa shape index (κ3) is 4.76. The van der Waals surface area contributed by atoms with Gasteiger partial charge in [0.2, 0.25) is 0 Å². The van der Waals surface area contributed by atoms with Gasteiger partial charge in [0.25, 0.3) is 0 Å². The van der Waals surface area contributed by atoms with Crippen LogP contribution in [0, 0.1) is 6.92 Å². The van der Waals surface area contributed by atoms with Gasteiger partial charge >= 0.3 is 0 Å². The van der Waals surface area contributed by atoms with Crippen LogP contribution in [0.1, 0.15) is 23.4 Å². The summed E-state index contributed by atoms with van der Waals surface area (Å²) in [5.74, 6) is 0.801. The van der Waals surface area contributed by atoms with Gasteiger partial charge in [0.1, 0.15) is 6.17 Å². The molecule has 1 aromatic heterocycles. The van der Waals surface area contributed by atoms with Crippen LogP contribution in [0.3, 0.4) is 0 Å². The lowest BCUT2D eigenvalue weighted by Crippen LogP contribution is -2.37. The predicted octanol–water partition coefficient (Wildman–Crippen LogP) is 3.20. The minimum absolute atomic E-state index is 0.190. The maximum Gasteiger partial charge on any atom is 0.150 e. The van der Waals surface area contributed by atoms with Crippen molar-refractivity contribution in [1.82, 2.24) is 15.4 Å². The molecule has 0 saturated carbocycles. The van der Waals surface area contributed by atoms with Gasteiger partial charge in [-0.15, -0.1) is 0 Å². The normalized spacial score (nSPS) is 21.8. The van der Waals surface area contributed by atoms with Gasteiger partial charge in [0.15, 0.2) is 5.76 Å². The predicted molar refractivity (Wildman–Crippen MR) is 93.3 cm³/mol. The van der Waals surface area contributed by atoms with Crippen molar-refractivity contribution in [3.8, 4) is 0 Å². The lowest BCUT2D eigenvalue weighted by atomic mass is 10.2. The molecule has 1 aromatic carbocycles. The van der Waals surface area contributed by atoms with Crippen LogP contribution in [0.25, 0.3) is 6.08 Å². The van der Waals surface area contributed by atoms with E-state index in [9.17, 15) is 4.39 Å². The molecule has 5 heteroatoms. The van der Waals surface area contributed by atoms with E-state index in [-0.39, 0.29) is 6.04 Å². The van der Waals surface area contributed by atoms with Gasteiger partial charge in [-0.3, -0.25) is 4.90 Å². The second kappa shape index (κ2) is 8.22. The number of benzene rings is 1. The minimum atomic E-state index is -0.763. The number of rotatable bonds is 7. The Labute approximate surface area is 142 Å². The summed E-state index contributed by atoms with van der Waals surface area (Å²) in [5.41, 5.74) is 2.05. The Hall–Kier alpha value is -1.98. The molecule has 1 saturated heterocycles. The molecule has 1 aliphatic rings. The molecule has 3 rings (SSSR count). The first kappa shape index (κ1) is 16.9. The average molecular weight is 329 g/mol. The van der Waals surface area contributed by atoms with Gasteiger partial charge in [-0.2, -0.15) is 0 Å². The fourth-order valence-corrected chi connectivity index (χ4v) is 3.11. The molecule has 0 unspecified atom stereocenters. The van der Waals surface area contributed by atoms with Crippen molar-refractivity contribution >= 4 is 6.08 Å². The van der Waals surface area contributed by atoms with Crippen LogP contribution in [0.2, 0.25) is 0 Å². The number of hydrogen-bond acceptors (Lipinski definition) is 4. The zero-order valence-corrected chi connectivity index (χ0v) is 14.0. The van der Waals surface area contributed by atoms with Crippen LogP contribution in [0.15, 0.2) is 47.0 Å². The monoisotopic (exact) mass is 329 g/mol. The molecule has 24 heavy (non-hydrogen) atoms. The molecule has 0 spiro atoms. The number of hydrogen-bond donors (Lipinski definition) is 1. The zero-order chi connectivity index (χ0) is 16.8. The summed E-state index contributed by atoms with van der Waals surface area (Å²) < 4.78 is 19.1. The Morgan fingerprint density at radius 2 is 2.21 bits per heavy atom. The standard InChI is InChI=1S/C19H24FN3O/c1-15-10-19(24-22-15)14-23-13-17(20)11-18(23)12-21-9-5-8-16-6-3-2-4-7-16/h2-8,10,17-18,21H,9,11-14H2,1H3/b8-5+/t17-,18-/m0/s1. The van der Waals surface area contributed by atoms with Crippen molar-refractivity contribution in [2.75, 3.05) is 19.6 Å². The molecule has 0 amide bonds. The Morgan fingerprint density at radius 3 is 2.96 bits per heavy atom. The molecule has 0 aliphatic carbocycles. The fraction of sp³-hybridized carbons (Fsp3) is 0.421. The lowest BCUT2D eigenvalue weighted by Gasteiger charge is -2.22. The molecular formula is C19H24FN3O. The molecule has 0 radical (unpaired) electrons. The second-order valence-electron chi connectivity index (χ2n) is 6.32. The van der Waals surface area contributed by atoms with Crippen LogP contribution >= 0.6 is 0 Å². The van der Waals surface area contributed by atoms with E-state index in [2.05, 4.69) is 39.7 Å². The SMILES string of the molecule is Cc1cc(CN2C[C@@H](F)C[C@H]2CNC/C=C/c2ccccc2)on1. The van der Waals surface area contributed by atoms with Crippen molar-refractivity contribution in [2.24, 2.45) is 0 Å². The summed E-state index contributed by atoms with van der Waals surface area (Å²) in [7, 11) is 0. The molecule has 1 aliphatic heterocycles. The van der Waals surface area contributed by atoms with Crippen LogP contribution in [-0.2, 0) is 6.54 Å². The average Bonchev–Trinajstić information content (AvgIpc) is 3.14. The molecule has 1 N–H and O–H groups in total. The Kier molecular flexibility index (Phi) is 5.77. The first-order valence-corrected chi connectivity index (χ1v) is 8.43. The molecule has 4 nitrogen and oxygen atoms in total. The van der Waals surface area contributed by atoms with E-state index >= 15 is 0 Å². The highest BCUT2D eigenvalue weighted by atomic mass is 19.1. The first-order valence-electron chi connectivity index (χ1n) is 8.43. The quantitative estimate of drug-likeness (QED) is 0.792. The topological polar surface area (TPSA) is 41.3 Å². The number of aryl methyl sites for hydroxylation is 1. The minimum Gasteiger partial charge on any atom is -0.360 e. The lowest BCUT2D eigenvalue weighted by molar-refractivity contribution is 0.205. The summed E-state index contributed by atoms with van der Waals surface area (Å²) in [6.45, 7) is 4.52. The molecular weight excluding hydrogens is 305 g/mol. The van der Waals surface area contributed by atoms with E-state index in [0.717, 1.165) is 24.5 Å². The van der Waals surface area contributed by atoms with Gasteiger partial charge in [0, 0.05) is 31.7 Å². The Bertz CT molecular complexity index is 656. The number of nitrogens with one attached hydrogen (secondary N) is 1. The third-order valence-electron chi connectivity index (χ3n) is 4.26. The van der Waals surface area contributed by atoms with Crippen LogP contribution in [0.5, 0.6) is 0 Å². The van der Waals surface area contributed by atoms with Gasteiger partial charge in [-0.05, 0) is 18.9 Å². The van der Waals surface area contributed by atoms with Crippen molar-refractivity contribution in [1.29, 1.82) is 0 Å². The fourth-order valence-electron chi connectivity index (χ4n) is 3.11. The maximum absolute atomic E-state index is 13.8. The van der Waals surface area contributed by atoms with Gasteiger partial charge in [-0.1, -0.05) is 47.6 Å². The number of aromatic nitrogens is 1. The van der Waals surface area contributed by atoms with Crippen LogP contribution in [0.4, 0.5) is 4.39 Å². The highest BCUT2D eigenvalue weighted by Gasteiger charge is 2.32. The summed E-state index contributed by atoms with van der Waals surface area (Å²) >= 11 is 0. The van der Waals surface area contributed by atoms with E-state index in [1.54, 1.807) is 0 Å². The first-order chi connectivity index (χ1) is 11.7. The number of likely N-dealkylation sites (tertiary alicyclic amines) is 1. The highest BCUT2D eigenvalue weighted by Crippen LogP contribution is 2.22. The van der Waals surface area contributed by atoms with Crippen molar-refractivity contribution in [3.63, 3.8) is 0 Å².